The summed E-state index contributed by atoms with van der Waals surface area (Å²) < 4.78 is 15.6. The van der Waals surface area contributed by atoms with Crippen molar-refractivity contribution in [2.75, 3.05) is 31.1 Å². The number of carbonyl (C=O) groups is 1. The molecule has 1 fully saturated rings. The molecule has 0 saturated carbocycles. The number of rotatable bonds is 3. The van der Waals surface area contributed by atoms with Gasteiger partial charge in [0, 0.05) is 26.2 Å². The summed E-state index contributed by atoms with van der Waals surface area (Å²) in [5.74, 6) is -0.260. The molecule has 4 rings (SSSR count). The first-order valence-electron chi connectivity index (χ1n) is 8.90. The monoisotopic (exact) mass is 365 g/mol. The number of hydrogen-bond donors (Lipinski definition) is 0. The van der Waals surface area contributed by atoms with Gasteiger partial charge in [0.1, 0.15) is 12.1 Å². The van der Waals surface area contributed by atoms with E-state index in [4.69, 9.17) is 0 Å². The fourth-order valence-electron chi connectivity index (χ4n) is 3.30. The number of hydrogen-bond acceptors (Lipinski definition) is 4. The Balaban J connectivity index is 1.44. The number of aryl methyl sites for hydroxylation is 1. The third-order valence-corrected chi connectivity index (χ3v) is 4.81. The van der Waals surface area contributed by atoms with Crippen molar-refractivity contribution in [2.45, 2.75) is 6.92 Å². The molecule has 1 amide bonds. The first-order valence-corrected chi connectivity index (χ1v) is 8.90. The molecule has 0 unspecified atom stereocenters. The van der Waals surface area contributed by atoms with Crippen LogP contribution in [0.25, 0.3) is 5.69 Å². The lowest BCUT2D eigenvalue weighted by molar-refractivity contribution is 0.0734. The molecule has 0 radical (unpaired) electrons. The van der Waals surface area contributed by atoms with E-state index < -0.39 is 0 Å². The topological polar surface area (TPSA) is 54.3 Å². The van der Waals surface area contributed by atoms with E-state index in [0.29, 0.717) is 31.9 Å². The summed E-state index contributed by atoms with van der Waals surface area (Å²) in [6.07, 6.45) is 1.56. The van der Waals surface area contributed by atoms with Crippen LogP contribution in [0.5, 0.6) is 0 Å². The number of piperazine rings is 1. The second-order valence-electron chi connectivity index (χ2n) is 6.53. The number of nitrogens with zero attached hydrogens (tertiary/aromatic N) is 5. The number of amides is 1. The summed E-state index contributed by atoms with van der Waals surface area (Å²) in [6, 6.07) is 14.5. The van der Waals surface area contributed by atoms with Crippen molar-refractivity contribution in [1.29, 1.82) is 0 Å². The highest BCUT2D eigenvalue weighted by Crippen LogP contribution is 2.20. The lowest BCUT2D eigenvalue weighted by Crippen LogP contribution is -2.49. The summed E-state index contributed by atoms with van der Waals surface area (Å²) in [7, 11) is 0. The average molecular weight is 365 g/mol. The number of para-hydroxylation sites is 2. The predicted molar refractivity (Wildman–Crippen MR) is 101 cm³/mol. The summed E-state index contributed by atoms with van der Waals surface area (Å²) in [5, 5.41) is 4.35. The maximum atomic E-state index is 13.9. The molecule has 3 aromatic rings. The zero-order chi connectivity index (χ0) is 18.8. The van der Waals surface area contributed by atoms with E-state index in [1.54, 1.807) is 28.0 Å². The van der Waals surface area contributed by atoms with Crippen molar-refractivity contribution < 1.29 is 9.18 Å². The van der Waals surface area contributed by atoms with Crippen LogP contribution in [0.15, 0.2) is 54.9 Å². The van der Waals surface area contributed by atoms with Crippen molar-refractivity contribution in [2.24, 2.45) is 0 Å². The third kappa shape index (κ3) is 3.40. The highest BCUT2D eigenvalue weighted by molar-refractivity contribution is 5.90. The first-order chi connectivity index (χ1) is 13.1. The molecule has 1 aromatic heterocycles. The summed E-state index contributed by atoms with van der Waals surface area (Å²) in [4.78, 5) is 20.6. The van der Waals surface area contributed by atoms with Gasteiger partial charge in [0.2, 0.25) is 5.82 Å². The van der Waals surface area contributed by atoms with Gasteiger partial charge in [-0.05, 0) is 30.7 Å². The van der Waals surface area contributed by atoms with Crippen LogP contribution in [0.4, 0.5) is 10.1 Å². The molecule has 27 heavy (non-hydrogen) atoms. The molecule has 0 spiro atoms. The van der Waals surface area contributed by atoms with Crippen LogP contribution >= 0.6 is 0 Å². The molecule has 1 saturated heterocycles. The third-order valence-electron chi connectivity index (χ3n) is 4.81. The van der Waals surface area contributed by atoms with Gasteiger partial charge in [-0.2, -0.15) is 0 Å². The molecular formula is C20H20FN5O. The fourth-order valence-corrected chi connectivity index (χ4v) is 3.30. The van der Waals surface area contributed by atoms with Gasteiger partial charge in [0.05, 0.1) is 11.4 Å². The Labute approximate surface area is 156 Å². The van der Waals surface area contributed by atoms with E-state index in [9.17, 15) is 9.18 Å². The van der Waals surface area contributed by atoms with Crippen LogP contribution in [0.3, 0.4) is 0 Å². The average Bonchev–Trinajstić information content (AvgIpc) is 3.18. The maximum Gasteiger partial charge on any atom is 0.293 e. The Bertz CT molecular complexity index is 962. The Morgan fingerprint density at radius 3 is 2.33 bits per heavy atom. The molecular weight excluding hydrogens is 345 g/mol. The van der Waals surface area contributed by atoms with Gasteiger partial charge in [-0.25, -0.2) is 14.1 Å². The van der Waals surface area contributed by atoms with Crippen molar-refractivity contribution in [3.63, 3.8) is 0 Å². The zero-order valence-corrected chi connectivity index (χ0v) is 15.0. The molecule has 1 aliphatic rings. The standard InChI is InChI=1S/C20H20FN5O/c1-15-6-2-4-8-17(15)26-14-22-19(23-26)20(27)25-12-10-24(11-13-25)18-9-5-3-7-16(18)21/h2-9,14H,10-13H2,1H3. The Morgan fingerprint density at radius 1 is 0.963 bits per heavy atom. The van der Waals surface area contributed by atoms with Crippen LogP contribution in [0.2, 0.25) is 0 Å². The molecule has 7 heteroatoms. The number of halogens is 1. The smallest absolute Gasteiger partial charge is 0.293 e. The molecule has 2 aromatic carbocycles. The number of benzene rings is 2. The van der Waals surface area contributed by atoms with Crippen LogP contribution in [0.1, 0.15) is 16.2 Å². The minimum atomic E-state index is -0.240. The second-order valence-corrected chi connectivity index (χ2v) is 6.53. The molecule has 0 bridgehead atoms. The normalized spacial score (nSPS) is 14.4. The van der Waals surface area contributed by atoms with Crippen LogP contribution < -0.4 is 4.90 Å². The Morgan fingerprint density at radius 2 is 1.63 bits per heavy atom. The lowest BCUT2D eigenvalue weighted by Gasteiger charge is -2.35. The van der Waals surface area contributed by atoms with Crippen molar-refractivity contribution in [3.8, 4) is 5.69 Å². The van der Waals surface area contributed by atoms with Gasteiger partial charge in [-0.1, -0.05) is 30.3 Å². The highest BCUT2D eigenvalue weighted by atomic mass is 19.1. The first kappa shape index (κ1) is 17.2. The van der Waals surface area contributed by atoms with E-state index >= 15 is 0 Å². The lowest BCUT2D eigenvalue weighted by atomic mass is 10.2. The number of aromatic nitrogens is 3. The maximum absolute atomic E-state index is 13.9. The van der Waals surface area contributed by atoms with Gasteiger partial charge in [-0.3, -0.25) is 4.79 Å². The fraction of sp³-hybridized carbons (Fsp3) is 0.250. The van der Waals surface area contributed by atoms with Crippen LogP contribution in [0, 0.1) is 12.7 Å². The Kier molecular flexibility index (Phi) is 4.58. The van der Waals surface area contributed by atoms with Gasteiger partial charge < -0.3 is 9.80 Å². The summed E-state index contributed by atoms with van der Waals surface area (Å²) >= 11 is 0. The largest absolute Gasteiger partial charge is 0.366 e. The van der Waals surface area contributed by atoms with Crippen molar-refractivity contribution in [1.82, 2.24) is 19.7 Å². The highest BCUT2D eigenvalue weighted by Gasteiger charge is 2.25. The van der Waals surface area contributed by atoms with Crippen LogP contribution in [-0.2, 0) is 0 Å². The van der Waals surface area contributed by atoms with E-state index in [0.717, 1.165) is 11.3 Å². The molecule has 138 valence electrons. The second kappa shape index (κ2) is 7.19. The SMILES string of the molecule is Cc1ccccc1-n1cnc(C(=O)N2CCN(c3ccccc3F)CC2)n1. The quantitative estimate of drug-likeness (QED) is 0.716. The van der Waals surface area contributed by atoms with E-state index in [1.165, 1.54) is 6.07 Å². The van der Waals surface area contributed by atoms with Crippen molar-refractivity contribution in [3.05, 3.63) is 72.1 Å². The van der Waals surface area contributed by atoms with E-state index in [2.05, 4.69) is 10.1 Å². The molecule has 0 atom stereocenters. The van der Waals surface area contributed by atoms with Gasteiger partial charge in [0.25, 0.3) is 5.91 Å². The van der Waals surface area contributed by atoms with Gasteiger partial charge >= 0.3 is 0 Å². The zero-order valence-electron chi connectivity index (χ0n) is 15.0. The molecule has 6 nitrogen and oxygen atoms in total. The Hall–Kier alpha value is -3.22. The summed E-state index contributed by atoms with van der Waals surface area (Å²) in [6.45, 7) is 4.15. The molecule has 0 N–H and O–H groups in total. The van der Waals surface area contributed by atoms with E-state index in [-0.39, 0.29) is 17.5 Å². The molecule has 0 aliphatic carbocycles. The van der Waals surface area contributed by atoms with E-state index in [1.807, 2.05) is 42.2 Å². The molecule has 2 heterocycles. The number of carbonyl (C=O) groups excluding carboxylic acids is 1. The minimum Gasteiger partial charge on any atom is -0.366 e. The van der Waals surface area contributed by atoms with Gasteiger partial charge in [-0.15, -0.1) is 5.10 Å². The molecule has 1 aliphatic heterocycles. The van der Waals surface area contributed by atoms with Crippen molar-refractivity contribution >= 4 is 11.6 Å². The van der Waals surface area contributed by atoms with Crippen LogP contribution in [-0.4, -0.2) is 51.8 Å². The number of anilines is 1. The predicted octanol–water partition coefficient (Wildman–Crippen LogP) is 2.68. The minimum absolute atomic E-state index is 0.178. The van der Waals surface area contributed by atoms with Gasteiger partial charge in [0.15, 0.2) is 0 Å². The summed E-state index contributed by atoms with van der Waals surface area (Å²) in [5.41, 5.74) is 2.53.